The Labute approximate surface area is 134 Å². The summed E-state index contributed by atoms with van der Waals surface area (Å²) in [4.78, 5) is 43.4. The van der Waals surface area contributed by atoms with Crippen LogP contribution in [0.1, 0.15) is 23.3 Å². The number of hydrogen-bond acceptors (Lipinski definition) is 5. The van der Waals surface area contributed by atoms with Crippen LogP contribution >= 0.6 is 0 Å². The van der Waals surface area contributed by atoms with Crippen LogP contribution in [0.15, 0.2) is 24.4 Å². The summed E-state index contributed by atoms with van der Waals surface area (Å²) >= 11 is 0. The smallest absolute Gasteiger partial charge is 0.410 e. The zero-order valence-electron chi connectivity index (χ0n) is 12.8. The fourth-order valence-electron chi connectivity index (χ4n) is 2.97. The maximum atomic E-state index is 12.5. The monoisotopic (exact) mass is 317 g/mol. The van der Waals surface area contributed by atoms with Crippen molar-refractivity contribution in [3.63, 3.8) is 0 Å². The van der Waals surface area contributed by atoms with Crippen LogP contribution in [0.5, 0.6) is 0 Å². The highest BCUT2D eigenvalue weighted by Gasteiger charge is 2.32. The minimum absolute atomic E-state index is 0.0172. The summed E-state index contributed by atoms with van der Waals surface area (Å²) < 4.78 is 4.82. The van der Waals surface area contributed by atoms with Crippen molar-refractivity contribution in [2.24, 2.45) is 5.92 Å². The number of carbonyl (C=O) groups is 3. The number of cyclic esters (lactones) is 1. The van der Waals surface area contributed by atoms with E-state index in [1.165, 1.54) is 4.90 Å². The van der Waals surface area contributed by atoms with Crippen LogP contribution in [-0.2, 0) is 9.53 Å². The van der Waals surface area contributed by atoms with Gasteiger partial charge in [0.1, 0.15) is 18.8 Å². The molecule has 0 aliphatic carbocycles. The molecule has 0 spiro atoms. The molecule has 0 aromatic carbocycles. The molecule has 1 unspecified atom stereocenters. The zero-order valence-corrected chi connectivity index (χ0v) is 12.8. The fourth-order valence-corrected chi connectivity index (χ4v) is 2.97. The molecule has 3 rings (SSSR count). The number of rotatable bonds is 4. The molecule has 7 heteroatoms. The third kappa shape index (κ3) is 3.49. The molecule has 0 radical (unpaired) electrons. The molecule has 7 nitrogen and oxygen atoms in total. The Bertz CT molecular complexity index is 605. The predicted molar refractivity (Wildman–Crippen MR) is 80.8 cm³/mol. The molecular formula is C16H19N3O4. The number of nitrogens with zero attached hydrogens (tertiary/aromatic N) is 3. The highest BCUT2D eigenvalue weighted by molar-refractivity contribution is 5.96. The minimum Gasteiger partial charge on any atom is -0.448 e. The van der Waals surface area contributed by atoms with Gasteiger partial charge in [0, 0.05) is 25.2 Å². The van der Waals surface area contributed by atoms with E-state index in [9.17, 15) is 14.4 Å². The lowest BCUT2D eigenvalue weighted by Gasteiger charge is -2.32. The quantitative estimate of drug-likeness (QED) is 0.773. The molecule has 0 bridgehead atoms. The van der Waals surface area contributed by atoms with Gasteiger partial charge in [0.05, 0.1) is 6.54 Å². The fraction of sp³-hybridized carbons (Fsp3) is 0.500. The number of ketones is 1. The van der Waals surface area contributed by atoms with Crippen molar-refractivity contribution >= 4 is 17.8 Å². The molecule has 23 heavy (non-hydrogen) atoms. The maximum absolute atomic E-state index is 12.5. The van der Waals surface area contributed by atoms with Crippen molar-refractivity contribution in [2.45, 2.75) is 12.8 Å². The van der Waals surface area contributed by atoms with Gasteiger partial charge in [-0.3, -0.25) is 19.5 Å². The molecule has 3 heterocycles. The summed E-state index contributed by atoms with van der Waals surface area (Å²) in [6, 6.07) is 5.25. The van der Waals surface area contributed by atoms with E-state index < -0.39 is 6.09 Å². The van der Waals surface area contributed by atoms with Crippen LogP contribution in [0.3, 0.4) is 0 Å². The van der Waals surface area contributed by atoms with Crippen LogP contribution in [0.25, 0.3) is 0 Å². The maximum Gasteiger partial charge on any atom is 0.410 e. The Kier molecular flexibility index (Phi) is 4.55. The normalized spacial score (nSPS) is 21.2. The van der Waals surface area contributed by atoms with Crippen LogP contribution in [0, 0.1) is 5.92 Å². The predicted octanol–water partition coefficient (Wildman–Crippen LogP) is 0.955. The second-order valence-electron chi connectivity index (χ2n) is 5.79. The Balaban J connectivity index is 1.60. The number of piperidine rings is 1. The zero-order chi connectivity index (χ0) is 16.2. The average Bonchev–Trinajstić information content (AvgIpc) is 3.00. The summed E-state index contributed by atoms with van der Waals surface area (Å²) in [5.41, 5.74) is 0.440. The molecule has 1 aromatic rings. The van der Waals surface area contributed by atoms with Gasteiger partial charge < -0.3 is 9.64 Å². The van der Waals surface area contributed by atoms with E-state index in [-0.39, 0.29) is 24.2 Å². The summed E-state index contributed by atoms with van der Waals surface area (Å²) in [7, 11) is 0. The lowest BCUT2D eigenvalue weighted by Crippen LogP contribution is -2.46. The Morgan fingerprint density at radius 2 is 2.17 bits per heavy atom. The number of amides is 2. The third-order valence-electron chi connectivity index (χ3n) is 4.23. The SMILES string of the molecule is O=C(c1ccccn1)C1CCCN(C(=O)CN2CCOC2=O)C1. The average molecular weight is 317 g/mol. The third-order valence-corrected chi connectivity index (χ3v) is 4.23. The molecule has 2 aliphatic rings. The molecule has 2 fully saturated rings. The molecule has 0 N–H and O–H groups in total. The number of ether oxygens (including phenoxy) is 1. The summed E-state index contributed by atoms with van der Waals surface area (Å²) in [5.74, 6) is -0.390. The number of aromatic nitrogens is 1. The molecule has 2 aliphatic heterocycles. The van der Waals surface area contributed by atoms with Crippen LogP contribution in [-0.4, -0.2) is 65.4 Å². The van der Waals surface area contributed by atoms with Gasteiger partial charge in [-0.05, 0) is 25.0 Å². The summed E-state index contributed by atoms with van der Waals surface area (Å²) in [5, 5.41) is 0. The summed E-state index contributed by atoms with van der Waals surface area (Å²) in [6.07, 6.45) is 2.68. The molecule has 0 saturated carbocycles. The van der Waals surface area contributed by atoms with Gasteiger partial charge in [0.15, 0.2) is 5.78 Å². The first-order valence-corrected chi connectivity index (χ1v) is 7.80. The van der Waals surface area contributed by atoms with Gasteiger partial charge >= 0.3 is 6.09 Å². The van der Waals surface area contributed by atoms with Gasteiger partial charge in [-0.25, -0.2) is 4.79 Å². The number of likely N-dealkylation sites (tertiary alicyclic amines) is 1. The highest BCUT2D eigenvalue weighted by atomic mass is 16.6. The van der Waals surface area contributed by atoms with E-state index in [2.05, 4.69) is 4.98 Å². The van der Waals surface area contributed by atoms with E-state index in [1.807, 2.05) is 0 Å². The molecule has 1 atom stereocenters. The van der Waals surface area contributed by atoms with Crippen LogP contribution in [0.4, 0.5) is 4.79 Å². The van der Waals surface area contributed by atoms with Gasteiger partial charge in [-0.1, -0.05) is 6.07 Å². The van der Waals surface area contributed by atoms with Gasteiger partial charge in [-0.15, -0.1) is 0 Å². The topological polar surface area (TPSA) is 79.8 Å². The number of pyridine rings is 1. The second-order valence-corrected chi connectivity index (χ2v) is 5.79. The first kappa shape index (κ1) is 15.5. The van der Waals surface area contributed by atoms with Crippen molar-refractivity contribution in [3.8, 4) is 0 Å². The Morgan fingerprint density at radius 3 is 2.87 bits per heavy atom. The lowest BCUT2D eigenvalue weighted by molar-refractivity contribution is -0.133. The number of Topliss-reactive ketones (excluding diaryl/α,β-unsaturated/α-hetero) is 1. The van der Waals surface area contributed by atoms with E-state index in [4.69, 9.17) is 4.74 Å². The second kappa shape index (κ2) is 6.76. The minimum atomic E-state index is -0.448. The molecule has 2 saturated heterocycles. The van der Waals surface area contributed by atoms with Crippen LogP contribution < -0.4 is 0 Å². The highest BCUT2D eigenvalue weighted by Crippen LogP contribution is 2.20. The molecule has 2 amide bonds. The van der Waals surface area contributed by atoms with Gasteiger partial charge in [0.2, 0.25) is 5.91 Å². The van der Waals surface area contributed by atoms with Crippen molar-refractivity contribution < 1.29 is 19.1 Å². The molecular weight excluding hydrogens is 298 g/mol. The first-order chi connectivity index (χ1) is 11.1. The van der Waals surface area contributed by atoms with E-state index in [0.29, 0.717) is 31.9 Å². The van der Waals surface area contributed by atoms with Gasteiger partial charge in [-0.2, -0.15) is 0 Å². The van der Waals surface area contributed by atoms with Crippen molar-refractivity contribution in [1.82, 2.24) is 14.8 Å². The first-order valence-electron chi connectivity index (χ1n) is 7.80. The van der Waals surface area contributed by atoms with Crippen molar-refractivity contribution in [3.05, 3.63) is 30.1 Å². The summed E-state index contributed by atoms with van der Waals surface area (Å²) in [6.45, 7) is 1.79. The Morgan fingerprint density at radius 1 is 1.30 bits per heavy atom. The van der Waals surface area contributed by atoms with Crippen molar-refractivity contribution in [2.75, 3.05) is 32.8 Å². The largest absolute Gasteiger partial charge is 0.448 e. The molecule has 1 aromatic heterocycles. The van der Waals surface area contributed by atoms with Crippen LogP contribution in [0.2, 0.25) is 0 Å². The lowest BCUT2D eigenvalue weighted by atomic mass is 9.92. The van der Waals surface area contributed by atoms with E-state index >= 15 is 0 Å². The number of hydrogen-bond donors (Lipinski definition) is 0. The Hall–Kier alpha value is -2.44. The standard InChI is InChI=1S/C16H19N3O4/c20-14(11-19-8-9-23-16(19)22)18-7-3-4-12(10-18)15(21)13-5-1-2-6-17-13/h1-2,5-6,12H,3-4,7-11H2. The van der Waals surface area contributed by atoms with E-state index in [1.54, 1.807) is 29.3 Å². The van der Waals surface area contributed by atoms with E-state index in [0.717, 1.165) is 12.8 Å². The van der Waals surface area contributed by atoms with Crippen molar-refractivity contribution in [1.29, 1.82) is 0 Å². The molecule has 122 valence electrons. The number of carbonyl (C=O) groups excluding carboxylic acids is 3. The van der Waals surface area contributed by atoms with Gasteiger partial charge in [0.25, 0.3) is 0 Å².